The van der Waals surface area contributed by atoms with Crippen LogP contribution >= 0.6 is 11.6 Å². The Morgan fingerprint density at radius 3 is 2.77 bits per heavy atom. The molecule has 3 aromatic rings. The summed E-state index contributed by atoms with van der Waals surface area (Å²) in [5.74, 6) is 0.847. The fourth-order valence-corrected chi connectivity index (χ4v) is 4.74. The lowest BCUT2D eigenvalue weighted by Crippen LogP contribution is -2.33. The van der Waals surface area contributed by atoms with Crippen molar-refractivity contribution in [2.45, 2.75) is 39.3 Å². The zero-order chi connectivity index (χ0) is 25.1. The monoisotopic (exact) mass is 497 g/mol. The van der Waals surface area contributed by atoms with Gasteiger partial charge in [0.2, 0.25) is 5.88 Å². The summed E-state index contributed by atoms with van der Waals surface area (Å²) in [6, 6.07) is 7.63. The second-order valence-corrected chi connectivity index (χ2v) is 9.32. The number of aromatic nitrogens is 2. The van der Waals surface area contributed by atoms with Crippen LogP contribution in [-0.2, 0) is 0 Å². The van der Waals surface area contributed by atoms with Gasteiger partial charge in [-0.25, -0.2) is 9.97 Å². The van der Waals surface area contributed by atoms with Crippen molar-refractivity contribution in [3.05, 3.63) is 52.3 Å². The SMILES string of the molecule is COc1ccc([C@H](C)NC(=O)c2cnc3c(OC)nc(C)cc3c2N2CCN[C@@H](C)CC2)cc1Cl. The van der Waals surface area contributed by atoms with Crippen LogP contribution in [0, 0.1) is 6.92 Å². The minimum atomic E-state index is -0.269. The van der Waals surface area contributed by atoms with Crippen molar-refractivity contribution < 1.29 is 14.3 Å². The lowest BCUT2D eigenvalue weighted by molar-refractivity contribution is 0.0940. The number of anilines is 1. The number of fused-ring (bicyclic) bond motifs is 1. The molecule has 0 saturated carbocycles. The van der Waals surface area contributed by atoms with Crippen LogP contribution < -0.4 is 25.0 Å². The Morgan fingerprint density at radius 1 is 1.26 bits per heavy atom. The molecule has 9 heteroatoms. The quantitative estimate of drug-likeness (QED) is 0.525. The molecule has 1 amide bonds. The standard InChI is InChI=1S/C26H32ClN5O3/c1-15-8-10-32(11-9-28-15)24-19-12-16(2)30-26(35-5)23(19)29-14-20(24)25(33)31-17(3)18-6-7-22(34-4)21(27)13-18/h6-7,12-15,17,28H,8-11H2,1-5H3,(H,31,33)/t15-,17-/m0/s1. The van der Waals surface area contributed by atoms with E-state index >= 15 is 0 Å². The Morgan fingerprint density at radius 2 is 2.06 bits per heavy atom. The lowest BCUT2D eigenvalue weighted by Gasteiger charge is -2.27. The van der Waals surface area contributed by atoms with Crippen molar-refractivity contribution in [3.63, 3.8) is 0 Å². The molecule has 1 aliphatic rings. The van der Waals surface area contributed by atoms with Crippen molar-refractivity contribution in [3.8, 4) is 11.6 Å². The fourth-order valence-electron chi connectivity index (χ4n) is 4.47. The number of aryl methyl sites for hydroxylation is 1. The van der Waals surface area contributed by atoms with Crippen LogP contribution in [0.5, 0.6) is 11.6 Å². The molecule has 1 fully saturated rings. The van der Waals surface area contributed by atoms with E-state index in [0.29, 0.717) is 33.8 Å². The van der Waals surface area contributed by atoms with E-state index in [2.05, 4.69) is 32.4 Å². The van der Waals surface area contributed by atoms with Gasteiger partial charge >= 0.3 is 0 Å². The maximum atomic E-state index is 13.6. The average Bonchev–Trinajstić information content (AvgIpc) is 3.06. The Bertz CT molecular complexity index is 1240. The van der Waals surface area contributed by atoms with Crippen LogP contribution in [0.2, 0.25) is 5.02 Å². The molecule has 0 unspecified atom stereocenters. The summed E-state index contributed by atoms with van der Waals surface area (Å²) >= 11 is 6.31. The van der Waals surface area contributed by atoms with Gasteiger partial charge in [0.15, 0.2) is 0 Å². The minimum absolute atomic E-state index is 0.201. The number of halogens is 1. The third kappa shape index (κ3) is 5.28. The molecule has 0 aliphatic carbocycles. The molecule has 1 saturated heterocycles. The highest BCUT2D eigenvalue weighted by Crippen LogP contribution is 2.35. The Kier molecular flexibility index (Phi) is 7.62. The number of methoxy groups -OCH3 is 2. The molecular weight excluding hydrogens is 466 g/mol. The smallest absolute Gasteiger partial charge is 0.255 e. The van der Waals surface area contributed by atoms with E-state index in [9.17, 15) is 4.79 Å². The van der Waals surface area contributed by atoms with Crippen LogP contribution in [0.1, 0.15) is 47.9 Å². The molecule has 0 bridgehead atoms. The van der Waals surface area contributed by atoms with E-state index in [0.717, 1.165) is 48.4 Å². The van der Waals surface area contributed by atoms with Crippen molar-refractivity contribution in [1.29, 1.82) is 0 Å². The van der Waals surface area contributed by atoms with Crippen LogP contribution in [0.4, 0.5) is 5.69 Å². The number of carbonyl (C=O) groups is 1. The summed E-state index contributed by atoms with van der Waals surface area (Å²) in [4.78, 5) is 25.0. The summed E-state index contributed by atoms with van der Waals surface area (Å²) < 4.78 is 10.8. The van der Waals surface area contributed by atoms with Gasteiger partial charge in [-0.05, 0) is 51.0 Å². The molecule has 2 atom stereocenters. The summed E-state index contributed by atoms with van der Waals surface area (Å²) in [6.45, 7) is 8.45. The van der Waals surface area contributed by atoms with Crippen molar-refractivity contribution in [2.24, 2.45) is 0 Å². The van der Waals surface area contributed by atoms with E-state index in [1.54, 1.807) is 26.5 Å². The highest BCUT2D eigenvalue weighted by Gasteiger charge is 2.25. The van der Waals surface area contributed by atoms with Gasteiger partial charge < -0.3 is 25.0 Å². The van der Waals surface area contributed by atoms with Gasteiger partial charge in [0, 0.05) is 43.0 Å². The van der Waals surface area contributed by atoms with Crippen LogP contribution in [0.15, 0.2) is 30.5 Å². The van der Waals surface area contributed by atoms with Gasteiger partial charge in [0.05, 0.1) is 36.5 Å². The average molecular weight is 498 g/mol. The van der Waals surface area contributed by atoms with Gasteiger partial charge in [0.25, 0.3) is 5.91 Å². The second-order valence-electron chi connectivity index (χ2n) is 8.91. The highest BCUT2D eigenvalue weighted by atomic mass is 35.5. The first kappa shape index (κ1) is 25.0. The predicted octanol–water partition coefficient (Wildman–Crippen LogP) is 4.29. The number of hydrogen-bond donors (Lipinski definition) is 2. The predicted molar refractivity (Wildman–Crippen MR) is 139 cm³/mol. The highest BCUT2D eigenvalue weighted by molar-refractivity contribution is 6.32. The largest absolute Gasteiger partial charge is 0.495 e. The van der Waals surface area contributed by atoms with E-state index in [1.807, 2.05) is 32.0 Å². The number of ether oxygens (including phenoxy) is 2. The first-order chi connectivity index (χ1) is 16.8. The number of hydrogen-bond acceptors (Lipinski definition) is 7. The minimum Gasteiger partial charge on any atom is -0.495 e. The van der Waals surface area contributed by atoms with E-state index in [1.165, 1.54) is 0 Å². The van der Waals surface area contributed by atoms with Gasteiger partial charge in [0.1, 0.15) is 11.3 Å². The molecule has 186 valence electrons. The van der Waals surface area contributed by atoms with Crippen LogP contribution in [0.25, 0.3) is 10.9 Å². The Balaban J connectivity index is 1.75. The summed E-state index contributed by atoms with van der Waals surface area (Å²) in [5, 5.41) is 8.01. The maximum absolute atomic E-state index is 13.6. The molecule has 35 heavy (non-hydrogen) atoms. The van der Waals surface area contributed by atoms with Crippen LogP contribution in [-0.4, -0.2) is 55.8 Å². The first-order valence-electron chi connectivity index (χ1n) is 11.8. The molecule has 0 radical (unpaired) electrons. The zero-order valence-corrected chi connectivity index (χ0v) is 21.6. The topological polar surface area (TPSA) is 88.6 Å². The summed E-state index contributed by atoms with van der Waals surface area (Å²) in [5.41, 5.74) is 3.70. The number of amides is 1. The van der Waals surface area contributed by atoms with Gasteiger partial charge in [-0.2, -0.15) is 0 Å². The molecule has 1 aliphatic heterocycles. The van der Waals surface area contributed by atoms with E-state index < -0.39 is 0 Å². The lowest BCUT2D eigenvalue weighted by atomic mass is 10.0. The molecule has 1 aromatic carbocycles. The number of benzene rings is 1. The normalized spacial score (nSPS) is 17.1. The Labute approximate surface area is 211 Å². The number of nitrogens with zero attached hydrogens (tertiary/aromatic N) is 3. The summed E-state index contributed by atoms with van der Waals surface area (Å²) in [7, 11) is 3.16. The number of rotatable bonds is 6. The van der Waals surface area contributed by atoms with Gasteiger partial charge in [-0.1, -0.05) is 17.7 Å². The van der Waals surface area contributed by atoms with Gasteiger partial charge in [-0.15, -0.1) is 0 Å². The van der Waals surface area contributed by atoms with Crippen molar-refractivity contribution in [1.82, 2.24) is 20.6 Å². The molecule has 0 spiro atoms. The molecule has 2 aromatic heterocycles. The molecule has 8 nitrogen and oxygen atoms in total. The molecule has 2 N–H and O–H groups in total. The van der Waals surface area contributed by atoms with E-state index in [-0.39, 0.29) is 11.9 Å². The molecular formula is C26H32ClN5O3. The fraction of sp³-hybridized carbons (Fsp3) is 0.423. The molecule has 4 rings (SSSR count). The Hall–Kier alpha value is -3.10. The maximum Gasteiger partial charge on any atom is 0.255 e. The summed E-state index contributed by atoms with van der Waals surface area (Å²) in [6.07, 6.45) is 2.59. The third-order valence-electron chi connectivity index (χ3n) is 6.41. The van der Waals surface area contributed by atoms with Gasteiger partial charge in [-0.3, -0.25) is 4.79 Å². The van der Waals surface area contributed by atoms with E-state index in [4.69, 9.17) is 21.1 Å². The van der Waals surface area contributed by atoms with Crippen molar-refractivity contribution in [2.75, 3.05) is 38.8 Å². The van der Waals surface area contributed by atoms with Crippen LogP contribution in [0.3, 0.4) is 0 Å². The third-order valence-corrected chi connectivity index (χ3v) is 6.70. The first-order valence-corrected chi connectivity index (χ1v) is 12.2. The second kappa shape index (κ2) is 10.7. The number of nitrogens with one attached hydrogen (secondary N) is 2. The molecule has 3 heterocycles. The number of pyridine rings is 2. The number of carbonyl (C=O) groups excluding carboxylic acids is 1. The zero-order valence-electron chi connectivity index (χ0n) is 20.8. The van der Waals surface area contributed by atoms with Crippen molar-refractivity contribution >= 4 is 34.1 Å².